The lowest BCUT2D eigenvalue weighted by atomic mass is 9.80. The Morgan fingerprint density at radius 2 is 1.83 bits per heavy atom. The number of fused-ring (bicyclic) bond motifs is 1. The van der Waals surface area contributed by atoms with Crippen molar-refractivity contribution in [3.05, 3.63) is 35.6 Å². The summed E-state index contributed by atoms with van der Waals surface area (Å²) in [5.41, 5.74) is -0.318. The number of halogens is 1. The third kappa shape index (κ3) is 6.33. The molecule has 0 radical (unpaired) electrons. The number of nitrogens with zero attached hydrogens (tertiary/aromatic N) is 3. The van der Waals surface area contributed by atoms with Crippen LogP contribution in [-0.2, 0) is 9.53 Å². The number of carbonyl (C=O) groups excluding carboxylic acids is 1. The molecule has 5 nitrogen and oxygen atoms in total. The van der Waals surface area contributed by atoms with Crippen molar-refractivity contribution in [1.29, 1.82) is 0 Å². The molecule has 2 fully saturated rings. The number of hydrogen-bond acceptors (Lipinski definition) is 6. The topological polar surface area (TPSA) is 45.7 Å². The van der Waals surface area contributed by atoms with E-state index in [0.29, 0.717) is 11.6 Å². The van der Waals surface area contributed by atoms with E-state index in [9.17, 15) is 4.79 Å². The van der Waals surface area contributed by atoms with Gasteiger partial charge in [0.25, 0.3) is 6.47 Å². The summed E-state index contributed by atoms with van der Waals surface area (Å²) in [6, 6.07) is 8.39. The van der Waals surface area contributed by atoms with Gasteiger partial charge in [0.15, 0.2) is 0 Å². The summed E-state index contributed by atoms with van der Waals surface area (Å²) >= 11 is 8.10. The molecule has 2 aromatic rings. The predicted octanol–water partition coefficient (Wildman–Crippen LogP) is 5.13. The fourth-order valence-electron chi connectivity index (χ4n) is 3.99. The molecule has 164 valence electrons. The maximum Gasteiger partial charge on any atom is 0.293 e. The van der Waals surface area contributed by atoms with Gasteiger partial charge in [-0.2, -0.15) is 0 Å². The zero-order valence-electron chi connectivity index (χ0n) is 18.3. The first-order valence-electron chi connectivity index (χ1n) is 10.5. The van der Waals surface area contributed by atoms with Crippen LogP contribution in [0.5, 0.6) is 0 Å². The van der Waals surface area contributed by atoms with Gasteiger partial charge in [-0.25, -0.2) is 9.29 Å². The molecule has 2 aliphatic rings. The molecule has 2 aliphatic heterocycles. The van der Waals surface area contributed by atoms with E-state index in [-0.39, 0.29) is 5.60 Å². The molecule has 0 atom stereocenters. The van der Waals surface area contributed by atoms with Crippen LogP contribution in [0.25, 0.3) is 10.8 Å². The highest BCUT2D eigenvalue weighted by atomic mass is 35.5. The van der Waals surface area contributed by atoms with E-state index >= 15 is 0 Å². The lowest BCUT2D eigenvalue weighted by molar-refractivity contribution is -0.138. The van der Waals surface area contributed by atoms with Crippen LogP contribution in [0.15, 0.2) is 35.4 Å². The van der Waals surface area contributed by atoms with Crippen LogP contribution in [0.3, 0.4) is 0 Å². The largest absolute Gasteiger partial charge is 0.462 e. The SMILES string of the molecule is CC(C)(C)OC=O.CN1CC(C2CCN(Sc3cccc4c(Cl)nccc34)CC2)C1. The molecule has 0 bridgehead atoms. The third-order valence-electron chi connectivity index (χ3n) is 5.60. The molecule has 0 aliphatic carbocycles. The van der Waals surface area contributed by atoms with E-state index < -0.39 is 0 Å². The standard InChI is InChI=1S/C18H22ClN3S.C5H10O2/c1-21-11-14(12-21)13-6-9-22(10-7-13)23-17-4-2-3-16-15(17)5-8-20-18(16)19;1-5(2,3)7-4-6/h2-5,8,13-14H,6-7,9-12H2,1H3;4H,1-3H3. The molecule has 7 heteroatoms. The highest BCUT2D eigenvalue weighted by molar-refractivity contribution is 7.97. The highest BCUT2D eigenvalue weighted by Crippen LogP contribution is 2.37. The van der Waals surface area contributed by atoms with Crippen molar-refractivity contribution in [1.82, 2.24) is 14.2 Å². The van der Waals surface area contributed by atoms with Crippen molar-refractivity contribution in [2.75, 3.05) is 33.2 Å². The summed E-state index contributed by atoms with van der Waals surface area (Å²) < 4.78 is 7.06. The van der Waals surface area contributed by atoms with Crippen LogP contribution in [0.2, 0.25) is 5.15 Å². The number of pyridine rings is 1. The Balaban J connectivity index is 0.000000318. The molecule has 0 N–H and O–H groups in total. The first-order chi connectivity index (χ1) is 14.3. The molecule has 0 amide bonds. The van der Waals surface area contributed by atoms with E-state index in [2.05, 4.69) is 44.2 Å². The second kappa shape index (κ2) is 10.3. The minimum Gasteiger partial charge on any atom is -0.462 e. The van der Waals surface area contributed by atoms with E-state index in [0.717, 1.165) is 17.2 Å². The van der Waals surface area contributed by atoms with Crippen LogP contribution >= 0.6 is 23.5 Å². The lowest BCUT2D eigenvalue weighted by Gasteiger charge is -2.44. The number of rotatable bonds is 4. The fourth-order valence-corrected chi connectivity index (χ4v) is 5.30. The van der Waals surface area contributed by atoms with Gasteiger partial charge in [0.2, 0.25) is 0 Å². The summed E-state index contributed by atoms with van der Waals surface area (Å²) in [6.45, 7) is 10.9. The zero-order valence-corrected chi connectivity index (χ0v) is 19.9. The van der Waals surface area contributed by atoms with Crippen molar-refractivity contribution in [2.24, 2.45) is 11.8 Å². The molecule has 30 heavy (non-hydrogen) atoms. The lowest BCUT2D eigenvalue weighted by Crippen LogP contribution is -2.49. The van der Waals surface area contributed by atoms with Crippen LogP contribution in [0.1, 0.15) is 33.6 Å². The minimum atomic E-state index is -0.318. The van der Waals surface area contributed by atoms with E-state index in [1.165, 1.54) is 49.3 Å². The Kier molecular flexibility index (Phi) is 8.02. The number of piperidine rings is 1. The number of carbonyl (C=O) groups is 1. The van der Waals surface area contributed by atoms with E-state index in [1.807, 2.05) is 38.8 Å². The Morgan fingerprint density at radius 3 is 2.40 bits per heavy atom. The van der Waals surface area contributed by atoms with Crippen molar-refractivity contribution in [3.8, 4) is 0 Å². The maximum atomic E-state index is 9.60. The van der Waals surface area contributed by atoms with Gasteiger partial charge in [-0.15, -0.1) is 0 Å². The van der Waals surface area contributed by atoms with E-state index in [1.54, 1.807) is 6.20 Å². The van der Waals surface area contributed by atoms with Crippen LogP contribution in [0, 0.1) is 11.8 Å². The first kappa shape index (κ1) is 23.3. The maximum absolute atomic E-state index is 9.60. The Labute approximate surface area is 189 Å². The van der Waals surface area contributed by atoms with Gasteiger partial charge in [0.1, 0.15) is 10.8 Å². The predicted molar refractivity (Wildman–Crippen MR) is 125 cm³/mol. The van der Waals surface area contributed by atoms with Crippen LogP contribution in [-0.4, -0.2) is 59.5 Å². The Morgan fingerprint density at radius 1 is 1.13 bits per heavy atom. The summed E-state index contributed by atoms with van der Waals surface area (Å²) in [7, 11) is 2.22. The number of aromatic nitrogens is 1. The molecular formula is C23H32ClN3O2S. The normalized spacial score (nSPS) is 19.1. The van der Waals surface area contributed by atoms with Gasteiger partial charge in [0, 0.05) is 48.0 Å². The average Bonchev–Trinajstić information content (AvgIpc) is 2.67. The van der Waals surface area contributed by atoms with E-state index in [4.69, 9.17) is 11.6 Å². The second-order valence-electron chi connectivity index (χ2n) is 9.12. The summed E-state index contributed by atoms with van der Waals surface area (Å²) in [5, 5.41) is 2.85. The molecule has 0 unspecified atom stereocenters. The highest BCUT2D eigenvalue weighted by Gasteiger charge is 2.33. The molecule has 4 rings (SSSR count). The second-order valence-corrected chi connectivity index (χ2v) is 10.6. The molecule has 3 heterocycles. The van der Waals surface area contributed by atoms with Gasteiger partial charge in [-0.05, 0) is 76.6 Å². The molecule has 1 aromatic heterocycles. The third-order valence-corrected chi connectivity index (χ3v) is 7.08. The minimum absolute atomic E-state index is 0.318. The monoisotopic (exact) mass is 449 g/mol. The molecule has 0 saturated carbocycles. The Bertz CT molecular complexity index is 844. The molecule has 0 spiro atoms. The number of ether oxygens (including phenoxy) is 1. The van der Waals surface area contributed by atoms with Gasteiger partial charge < -0.3 is 9.64 Å². The average molecular weight is 450 g/mol. The van der Waals surface area contributed by atoms with Crippen LogP contribution in [0.4, 0.5) is 0 Å². The fraction of sp³-hybridized carbons (Fsp3) is 0.565. The summed E-state index contributed by atoms with van der Waals surface area (Å²) in [5.74, 6) is 1.86. The number of hydrogen-bond donors (Lipinski definition) is 0. The zero-order chi connectivity index (χ0) is 21.7. The molecule has 2 saturated heterocycles. The summed E-state index contributed by atoms with van der Waals surface area (Å²) in [4.78, 5) is 17.5. The molecule has 1 aromatic carbocycles. The van der Waals surface area contributed by atoms with Crippen molar-refractivity contribution < 1.29 is 9.53 Å². The van der Waals surface area contributed by atoms with Gasteiger partial charge in [-0.1, -0.05) is 23.7 Å². The smallest absolute Gasteiger partial charge is 0.293 e. The number of benzene rings is 1. The van der Waals surface area contributed by atoms with Gasteiger partial charge >= 0.3 is 0 Å². The van der Waals surface area contributed by atoms with Crippen molar-refractivity contribution in [2.45, 2.75) is 44.1 Å². The van der Waals surface area contributed by atoms with Gasteiger partial charge in [0.05, 0.1) is 0 Å². The quantitative estimate of drug-likeness (QED) is 0.366. The first-order valence-corrected chi connectivity index (χ1v) is 11.7. The van der Waals surface area contributed by atoms with Crippen molar-refractivity contribution in [3.63, 3.8) is 0 Å². The molecular weight excluding hydrogens is 418 g/mol. The summed E-state index contributed by atoms with van der Waals surface area (Å²) in [6.07, 6.45) is 4.46. The van der Waals surface area contributed by atoms with Crippen LogP contribution < -0.4 is 0 Å². The van der Waals surface area contributed by atoms with Gasteiger partial charge in [-0.3, -0.25) is 4.79 Å². The van der Waals surface area contributed by atoms with Crippen molar-refractivity contribution >= 4 is 40.8 Å². The Hall–Kier alpha value is -1.34. The number of likely N-dealkylation sites (tertiary alicyclic amines) is 1.